The number of thiophene rings is 1. The Bertz CT molecular complexity index is 436. The van der Waals surface area contributed by atoms with Gasteiger partial charge in [0.15, 0.2) is 0 Å². The van der Waals surface area contributed by atoms with Gasteiger partial charge >= 0.3 is 0 Å². The number of rotatable bonds is 2. The zero-order chi connectivity index (χ0) is 11.3. The fraction of sp³-hybridized carbons (Fsp3) is 0.583. The fourth-order valence-electron chi connectivity index (χ4n) is 2.43. The summed E-state index contributed by atoms with van der Waals surface area (Å²) in [7, 11) is 0. The highest BCUT2D eigenvalue weighted by molar-refractivity contribution is 7.12. The molecule has 1 aliphatic heterocycles. The Balaban J connectivity index is 1.93. The van der Waals surface area contributed by atoms with Crippen molar-refractivity contribution < 1.29 is 4.79 Å². The second-order valence-corrected chi connectivity index (χ2v) is 5.99. The molecule has 3 nitrogen and oxygen atoms in total. The van der Waals surface area contributed by atoms with Crippen molar-refractivity contribution in [1.29, 1.82) is 0 Å². The molecule has 2 fully saturated rings. The van der Waals surface area contributed by atoms with E-state index in [0.717, 1.165) is 19.4 Å². The van der Waals surface area contributed by atoms with Crippen LogP contribution in [0.1, 0.15) is 35.7 Å². The van der Waals surface area contributed by atoms with Crippen molar-refractivity contribution in [3.8, 4) is 0 Å². The quantitative estimate of drug-likeness (QED) is 0.852. The van der Waals surface area contributed by atoms with Crippen LogP contribution in [0, 0.1) is 6.92 Å². The zero-order valence-electron chi connectivity index (χ0n) is 9.62. The number of nitrogens with one attached hydrogen (secondary N) is 1. The number of carbonyl (C=O) groups excluding carboxylic acids is 1. The van der Waals surface area contributed by atoms with E-state index < -0.39 is 0 Å². The average Bonchev–Trinajstić information content (AvgIpc) is 2.84. The van der Waals surface area contributed by atoms with Crippen LogP contribution >= 0.6 is 11.3 Å². The van der Waals surface area contributed by atoms with Crippen molar-refractivity contribution in [1.82, 2.24) is 10.2 Å². The lowest BCUT2D eigenvalue weighted by Crippen LogP contribution is -2.32. The molecule has 16 heavy (non-hydrogen) atoms. The molecule has 2 heterocycles. The Hall–Kier alpha value is -0.870. The summed E-state index contributed by atoms with van der Waals surface area (Å²) in [4.78, 5) is 16.7. The van der Waals surface area contributed by atoms with Gasteiger partial charge in [-0.25, -0.2) is 0 Å². The van der Waals surface area contributed by atoms with E-state index in [9.17, 15) is 4.79 Å². The molecule has 1 saturated carbocycles. The Labute approximate surface area is 99.5 Å². The van der Waals surface area contributed by atoms with Crippen molar-refractivity contribution in [3.63, 3.8) is 0 Å². The van der Waals surface area contributed by atoms with Crippen LogP contribution in [-0.4, -0.2) is 22.9 Å². The number of nitrogens with zero attached hydrogens (tertiary/aromatic N) is 1. The highest BCUT2D eigenvalue weighted by atomic mass is 32.1. The molecule has 1 saturated heterocycles. The topological polar surface area (TPSA) is 32.3 Å². The van der Waals surface area contributed by atoms with E-state index >= 15 is 0 Å². The van der Waals surface area contributed by atoms with Gasteiger partial charge in [-0.2, -0.15) is 0 Å². The molecule has 0 radical (unpaired) electrons. The normalized spacial score (nSPS) is 26.8. The minimum Gasteiger partial charge on any atom is -0.321 e. The highest BCUT2D eigenvalue weighted by Gasteiger charge is 2.59. The van der Waals surface area contributed by atoms with E-state index in [4.69, 9.17) is 0 Å². The molecule has 1 aliphatic carbocycles. The molecular formula is C12H16N2OS. The zero-order valence-corrected chi connectivity index (χ0v) is 10.4. The van der Waals surface area contributed by atoms with Crippen LogP contribution in [-0.2, 0) is 4.79 Å². The summed E-state index contributed by atoms with van der Waals surface area (Å²) in [5, 5.41) is 3.51. The molecule has 3 rings (SSSR count). The molecule has 1 spiro atoms. The van der Waals surface area contributed by atoms with Crippen LogP contribution in [0.2, 0.25) is 0 Å². The SMILES string of the molecule is CCN1C(=O)C2(CC2)NC1c1ccc(C)s1. The molecule has 1 aromatic heterocycles. The van der Waals surface area contributed by atoms with Crippen LogP contribution < -0.4 is 5.32 Å². The number of likely N-dealkylation sites (N-methyl/N-ethyl adjacent to an activating group) is 1. The Morgan fingerprint density at radius 2 is 2.31 bits per heavy atom. The maximum Gasteiger partial charge on any atom is 0.244 e. The average molecular weight is 236 g/mol. The second kappa shape index (κ2) is 3.31. The van der Waals surface area contributed by atoms with Crippen LogP contribution in [0.15, 0.2) is 12.1 Å². The van der Waals surface area contributed by atoms with Crippen molar-refractivity contribution >= 4 is 17.2 Å². The predicted octanol–water partition coefficient (Wildman–Crippen LogP) is 2.04. The number of carbonyl (C=O) groups is 1. The van der Waals surface area contributed by atoms with Gasteiger partial charge in [0, 0.05) is 16.3 Å². The summed E-state index contributed by atoms with van der Waals surface area (Å²) >= 11 is 1.78. The first-order chi connectivity index (χ1) is 7.66. The smallest absolute Gasteiger partial charge is 0.244 e. The number of hydrogen-bond donors (Lipinski definition) is 1. The number of aryl methyl sites for hydroxylation is 1. The molecule has 1 N–H and O–H groups in total. The second-order valence-electron chi connectivity index (χ2n) is 4.67. The number of hydrogen-bond acceptors (Lipinski definition) is 3. The lowest BCUT2D eigenvalue weighted by atomic mass is 10.3. The van der Waals surface area contributed by atoms with Crippen molar-refractivity contribution in [3.05, 3.63) is 21.9 Å². The summed E-state index contributed by atoms with van der Waals surface area (Å²) in [6.45, 7) is 4.94. The molecular weight excluding hydrogens is 220 g/mol. The maximum atomic E-state index is 12.2. The summed E-state index contributed by atoms with van der Waals surface area (Å²) in [6, 6.07) is 4.26. The summed E-state index contributed by atoms with van der Waals surface area (Å²) in [5.74, 6) is 0.297. The van der Waals surface area contributed by atoms with Crippen molar-refractivity contribution in [2.45, 2.75) is 38.4 Å². The van der Waals surface area contributed by atoms with Crippen LogP contribution in [0.3, 0.4) is 0 Å². The van der Waals surface area contributed by atoms with E-state index in [-0.39, 0.29) is 11.7 Å². The molecule has 2 aliphatic rings. The van der Waals surface area contributed by atoms with E-state index in [2.05, 4.69) is 31.3 Å². The van der Waals surface area contributed by atoms with Gasteiger partial charge in [-0.15, -0.1) is 11.3 Å². The van der Waals surface area contributed by atoms with Crippen LogP contribution in [0.25, 0.3) is 0 Å². The maximum absolute atomic E-state index is 12.2. The lowest BCUT2D eigenvalue weighted by molar-refractivity contribution is -0.130. The van der Waals surface area contributed by atoms with Gasteiger partial charge in [0.05, 0.1) is 0 Å². The van der Waals surface area contributed by atoms with Gasteiger partial charge in [-0.05, 0) is 38.8 Å². The van der Waals surface area contributed by atoms with Gasteiger partial charge in [0.2, 0.25) is 5.91 Å². The van der Waals surface area contributed by atoms with E-state index in [1.807, 2.05) is 4.90 Å². The lowest BCUT2D eigenvalue weighted by Gasteiger charge is -2.21. The predicted molar refractivity (Wildman–Crippen MR) is 64.3 cm³/mol. The fourth-order valence-corrected chi connectivity index (χ4v) is 3.37. The van der Waals surface area contributed by atoms with Gasteiger partial charge in [0.1, 0.15) is 11.7 Å². The first-order valence-corrected chi connectivity index (χ1v) is 6.63. The monoisotopic (exact) mass is 236 g/mol. The minimum absolute atomic E-state index is 0.110. The minimum atomic E-state index is -0.196. The number of amides is 1. The molecule has 1 amide bonds. The largest absolute Gasteiger partial charge is 0.321 e. The molecule has 1 unspecified atom stereocenters. The standard InChI is InChI=1S/C12H16N2OS/c1-3-14-10(9-5-4-8(2)16-9)13-12(6-7-12)11(14)15/h4-5,10,13H,3,6-7H2,1-2H3. The molecule has 0 aromatic carbocycles. The third kappa shape index (κ3) is 1.33. The first-order valence-electron chi connectivity index (χ1n) is 5.81. The Morgan fingerprint density at radius 3 is 2.81 bits per heavy atom. The van der Waals surface area contributed by atoms with E-state index in [1.54, 1.807) is 11.3 Å². The molecule has 4 heteroatoms. The Kier molecular flexibility index (Phi) is 2.13. The van der Waals surface area contributed by atoms with Gasteiger partial charge in [0.25, 0.3) is 0 Å². The van der Waals surface area contributed by atoms with E-state index in [1.165, 1.54) is 9.75 Å². The summed E-state index contributed by atoms with van der Waals surface area (Å²) in [5.41, 5.74) is -0.196. The van der Waals surface area contributed by atoms with Crippen LogP contribution in [0.5, 0.6) is 0 Å². The molecule has 0 bridgehead atoms. The molecule has 1 aromatic rings. The van der Waals surface area contributed by atoms with Crippen molar-refractivity contribution in [2.75, 3.05) is 6.54 Å². The molecule has 86 valence electrons. The van der Waals surface area contributed by atoms with Gasteiger partial charge in [-0.1, -0.05) is 0 Å². The van der Waals surface area contributed by atoms with E-state index in [0.29, 0.717) is 5.91 Å². The summed E-state index contributed by atoms with van der Waals surface area (Å²) in [6.07, 6.45) is 2.12. The van der Waals surface area contributed by atoms with Crippen LogP contribution in [0.4, 0.5) is 0 Å². The third-order valence-corrected chi connectivity index (χ3v) is 4.57. The highest BCUT2D eigenvalue weighted by Crippen LogP contribution is 2.46. The Morgan fingerprint density at radius 1 is 1.56 bits per heavy atom. The van der Waals surface area contributed by atoms with Gasteiger partial charge in [-0.3, -0.25) is 10.1 Å². The van der Waals surface area contributed by atoms with Crippen molar-refractivity contribution in [2.24, 2.45) is 0 Å². The van der Waals surface area contributed by atoms with Gasteiger partial charge < -0.3 is 4.90 Å². The third-order valence-electron chi connectivity index (χ3n) is 3.52. The molecule has 1 atom stereocenters. The summed E-state index contributed by atoms with van der Waals surface area (Å²) < 4.78 is 0. The first kappa shape index (κ1) is 10.3.